The van der Waals surface area contributed by atoms with E-state index >= 15 is 0 Å². The molecule has 0 amide bonds. The fourth-order valence-electron chi connectivity index (χ4n) is 3.51. The van der Waals surface area contributed by atoms with Crippen LogP contribution in [0.25, 0.3) is 5.69 Å². The molecule has 3 aromatic rings. The molecule has 2 aromatic carbocycles. The van der Waals surface area contributed by atoms with Gasteiger partial charge in [0.2, 0.25) is 5.88 Å². The SMILES string of the molecule is Cc1c(O)n(CCN2CCOCC2)c(=S)n1-c1ccc(Oc2ccccc2)cc1. The fourth-order valence-corrected chi connectivity index (χ4v) is 3.93. The number of hydrogen-bond acceptors (Lipinski definition) is 5. The summed E-state index contributed by atoms with van der Waals surface area (Å²) in [5, 5.41) is 10.6. The number of ether oxygens (including phenoxy) is 2. The van der Waals surface area contributed by atoms with Crippen molar-refractivity contribution in [3.05, 3.63) is 65.1 Å². The Morgan fingerprint density at radius 2 is 1.62 bits per heavy atom. The summed E-state index contributed by atoms with van der Waals surface area (Å²) < 4.78 is 15.5. The first-order valence-electron chi connectivity index (χ1n) is 9.78. The van der Waals surface area contributed by atoms with Crippen molar-refractivity contribution in [2.75, 3.05) is 32.8 Å². The number of aromatic hydroxyl groups is 1. The van der Waals surface area contributed by atoms with E-state index in [0.29, 0.717) is 11.3 Å². The number of hydrogen-bond donors (Lipinski definition) is 1. The molecule has 0 radical (unpaired) electrons. The maximum Gasteiger partial charge on any atom is 0.213 e. The van der Waals surface area contributed by atoms with Gasteiger partial charge in [-0.2, -0.15) is 0 Å². The van der Waals surface area contributed by atoms with E-state index in [9.17, 15) is 5.11 Å². The van der Waals surface area contributed by atoms with Crippen molar-refractivity contribution in [2.45, 2.75) is 13.5 Å². The molecule has 1 aliphatic heterocycles. The first kappa shape index (κ1) is 19.7. The van der Waals surface area contributed by atoms with Crippen LogP contribution in [0.15, 0.2) is 54.6 Å². The molecule has 1 N–H and O–H groups in total. The van der Waals surface area contributed by atoms with Crippen LogP contribution in [0.5, 0.6) is 17.4 Å². The van der Waals surface area contributed by atoms with Gasteiger partial charge in [-0.1, -0.05) is 18.2 Å². The van der Waals surface area contributed by atoms with Crippen molar-refractivity contribution in [3.63, 3.8) is 0 Å². The Morgan fingerprint density at radius 1 is 0.966 bits per heavy atom. The van der Waals surface area contributed by atoms with Crippen LogP contribution in [-0.2, 0) is 11.3 Å². The van der Waals surface area contributed by atoms with E-state index in [1.807, 2.05) is 66.1 Å². The van der Waals surface area contributed by atoms with E-state index in [4.69, 9.17) is 21.7 Å². The smallest absolute Gasteiger partial charge is 0.213 e. The van der Waals surface area contributed by atoms with Gasteiger partial charge in [0.15, 0.2) is 4.77 Å². The lowest BCUT2D eigenvalue weighted by Gasteiger charge is -2.26. The molecule has 29 heavy (non-hydrogen) atoms. The highest BCUT2D eigenvalue weighted by atomic mass is 32.1. The number of rotatable bonds is 6. The van der Waals surface area contributed by atoms with Crippen molar-refractivity contribution in [2.24, 2.45) is 0 Å². The van der Waals surface area contributed by atoms with Gasteiger partial charge in [0.1, 0.15) is 11.5 Å². The van der Waals surface area contributed by atoms with Gasteiger partial charge in [-0.25, -0.2) is 0 Å². The van der Waals surface area contributed by atoms with Crippen molar-refractivity contribution in [1.29, 1.82) is 0 Å². The Kier molecular flexibility index (Phi) is 5.99. The average molecular weight is 412 g/mol. The summed E-state index contributed by atoms with van der Waals surface area (Å²) in [6.07, 6.45) is 0. The molecule has 2 heterocycles. The minimum Gasteiger partial charge on any atom is -0.493 e. The lowest BCUT2D eigenvalue weighted by atomic mass is 10.3. The minimum atomic E-state index is 0.216. The molecule has 0 bridgehead atoms. The number of benzene rings is 2. The molecular formula is C22H25N3O3S. The van der Waals surface area contributed by atoms with E-state index < -0.39 is 0 Å². The third-order valence-electron chi connectivity index (χ3n) is 5.15. The van der Waals surface area contributed by atoms with Gasteiger partial charge in [0.05, 0.1) is 18.9 Å². The summed E-state index contributed by atoms with van der Waals surface area (Å²) in [5.74, 6) is 1.76. The first-order chi connectivity index (χ1) is 14.1. The Labute approximate surface area is 175 Å². The van der Waals surface area contributed by atoms with Crippen LogP contribution >= 0.6 is 12.2 Å². The lowest BCUT2D eigenvalue weighted by molar-refractivity contribution is 0.0361. The topological polar surface area (TPSA) is 51.8 Å². The molecule has 0 atom stereocenters. The highest BCUT2D eigenvalue weighted by molar-refractivity contribution is 7.71. The van der Waals surface area contributed by atoms with Gasteiger partial charge in [0, 0.05) is 31.9 Å². The Bertz CT molecular complexity index is 1010. The molecule has 0 spiro atoms. The molecule has 1 fully saturated rings. The largest absolute Gasteiger partial charge is 0.493 e. The van der Waals surface area contributed by atoms with E-state index in [0.717, 1.165) is 55.7 Å². The molecule has 1 aromatic heterocycles. The molecule has 1 aliphatic rings. The predicted molar refractivity (Wildman–Crippen MR) is 115 cm³/mol. The molecule has 152 valence electrons. The number of imidazole rings is 1. The summed E-state index contributed by atoms with van der Waals surface area (Å²) in [7, 11) is 0. The summed E-state index contributed by atoms with van der Waals surface area (Å²) >= 11 is 5.68. The van der Waals surface area contributed by atoms with Crippen molar-refractivity contribution >= 4 is 12.2 Å². The Balaban J connectivity index is 1.52. The summed E-state index contributed by atoms with van der Waals surface area (Å²) in [5.41, 5.74) is 1.63. The van der Waals surface area contributed by atoms with E-state index in [1.165, 1.54) is 0 Å². The maximum absolute atomic E-state index is 10.6. The van der Waals surface area contributed by atoms with Crippen LogP contribution in [0.2, 0.25) is 0 Å². The summed E-state index contributed by atoms with van der Waals surface area (Å²) in [4.78, 5) is 2.33. The first-order valence-corrected chi connectivity index (χ1v) is 10.2. The second-order valence-corrected chi connectivity index (χ2v) is 7.41. The van der Waals surface area contributed by atoms with Crippen LogP contribution in [0.1, 0.15) is 5.69 Å². The molecule has 0 unspecified atom stereocenters. The second-order valence-electron chi connectivity index (χ2n) is 7.04. The van der Waals surface area contributed by atoms with Gasteiger partial charge < -0.3 is 14.6 Å². The molecule has 1 saturated heterocycles. The zero-order valence-corrected chi connectivity index (χ0v) is 17.3. The standard InChI is InChI=1S/C22H25N3O3S/c1-17-21(26)24(12-11-23-13-15-27-16-14-23)22(29)25(17)18-7-9-20(10-8-18)28-19-5-3-2-4-6-19/h2-10,26H,11-16H2,1H3. The zero-order valence-electron chi connectivity index (χ0n) is 16.5. The number of aromatic nitrogens is 2. The molecule has 0 saturated carbocycles. The van der Waals surface area contributed by atoms with Crippen LogP contribution in [0, 0.1) is 11.7 Å². The number of morpholine rings is 1. The average Bonchev–Trinajstić information content (AvgIpc) is 2.97. The van der Waals surface area contributed by atoms with Crippen LogP contribution in [0.3, 0.4) is 0 Å². The molecule has 7 heteroatoms. The second kappa shape index (κ2) is 8.82. The quantitative estimate of drug-likeness (QED) is 0.618. The van der Waals surface area contributed by atoms with Crippen molar-refractivity contribution in [1.82, 2.24) is 14.0 Å². The summed E-state index contributed by atoms with van der Waals surface area (Å²) in [6.45, 7) is 6.70. The Hall–Kier alpha value is -2.61. The molecular weight excluding hydrogens is 386 g/mol. The van der Waals surface area contributed by atoms with Gasteiger partial charge in [-0.15, -0.1) is 0 Å². The third kappa shape index (κ3) is 4.37. The zero-order chi connectivity index (χ0) is 20.2. The molecule has 4 rings (SSSR count). The van der Waals surface area contributed by atoms with Crippen LogP contribution in [-0.4, -0.2) is 52.0 Å². The fraction of sp³-hybridized carbons (Fsp3) is 0.318. The number of para-hydroxylation sites is 1. The van der Waals surface area contributed by atoms with E-state index in [2.05, 4.69) is 4.90 Å². The third-order valence-corrected chi connectivity index (χ3v) is 5.56. The van der Waals surface area contributed by atoms with Crippen molar-refractivity contribution in [3.8, 4) is 23.1 Å². The normalized spacial score (nSPS) is 14.8. The van der Waals surface area contributed by atoms with E-state index in [-0.39, 0.29) is 5.88 Å². The van der Waals surface area contributed by atoms with Crippen LogP contribution < -0.4 is 4.74 Å². The highest BCUT2D eigenvalue weighted by Gasteiger charge is 2.17. The highest BCUT2D eigenvalue weighted by Crippen LogP contribution is 2.27. The van der Waals surface area contributed by atoms with Crippen LogP contribution in [0.4, 0.5) is 0 Å². The number of nitrogens with zero attached hydrogens (tertiary/aromatic N) is 3. The predicted octanol–water partition coefficient (Wildman–Crippen LogP) is 4.15. The summed E-state index contributed by atoms with van der Waals surface area (Å²) in [6, 6.07) is 17.4. The van der Waals surface area contributed by atoms with Gasteiger partial charge in [0.25, 0.3) is 0 Å². The maximum atomic E-state index is 10.6. The monoisotopic (exact) mass is 411 g/mol. The lowest BCUT2D eigenvalue weighted by Crippen LogP contribution is -2.38. The molecule has 6 nitrogen and oxygen atoms in total. The van der Waals surface area contributed by atoms with Gasteiger partial charge in [-0.05, 0) is 55.5 Å². The molecule has 0 aliphatic carbocycles. The van der Waals surface area contributed by atoms with E-state index in [1.54, 1.807) is 4.57 Å². The Morgan fingerprint density at radius 3 is 2.31 bits per heavy atom. The van der Waals surface area contributed by atoms with Gasteiger partial charge in [-0.3, -0.25) is 14.0 Å². The minimum absolute atomic E-state index is 0.216. The van der Waals surface area contributed by atoms with Gasteiger partial charge >= 0.3 is 0 Å². The van der Waals surface area contributed by atoms with Crippen molar-refractivity contribution < 1.29 is 14.6 Å².